The number of methoxy groups -OCH3 is 2. The molecule has 6 nitrogen and oxygen atoms in total. The molecule has 0 amide bonds. The van der Waals surface area contributed by atoms with Crippen molar-refractivity contribution in [2.45, 2.75) is 38.9 Å². The number of ether oxygens (including phenoxy) is 2. The average Bonchev–Trinajstić information content (AvgIpc) is 2.44. The molecule has 1 aromatic heterocycles. The van der Waals surface area contributed by atoms with Crippen molar-refractivity contribution >= 4 is 11.6 Å². The van der Waals surface area contributed by atoms with Gasteiger partial charge in [-0.05, 0) is 27.7 Å². The predicted octanol–water partition coefficient (Wildman–Crippen LogP) is 2.15. The van der Waals surface area contributed by atoms with Gasteiger partial charge < -0.3 is 20.1 Å². The van der Waals surface area contributed by atoms with Gasteiger partial charge in [0, 0.05) is 33.4 Å². The fraction of sp³-hybridized carbons (Fsp3) is 0.714. The standard InChI is InChI=1S/C14H26N4O2/c1-13(2,19-5)8-15-11-7-12(18-10-17-11)16-9-14(3,4)20-6/h7,10H,8-9H2,1-6H3,(H2,15,16,17,18). The maximum absolute atomic E-state index is 5.36. The van der Waals surface area contributed by atoms with Crippen LogP contribution < -0.4 is 10.6 Å². The van der Waals surface area contributed by atoms with Crippen LogP contribution in [-0.2, 0) is 9.47 Å². The van der Waals surface area contributed by atoms with Crippen LogP contribution in [0.25, 0.3) is 0 Å². The van der Waals surface area contributed by atoms with Crippen LogP contribution >= 0.6 is 0 Å². The lowest BCUT2D eigenvalue weighted by molar-refractivity contribution is 0.0342. The van der Waals surface area contributed by atoms with E-state index in [1.807, 2.05) is 33.8 Å². The highest BCUT2D eigenvalue weighted by Gasteiger charge is 2.17. The maximum Gasteiger partial charge on any atom is 0.131 e. The molecule has 6 heteroatoms. The zero-order chi connectivity index (χ0) is 15.2. The second kappa shape index (κ2) is 6.85. The first kappa shape index (κ1) is 16.7. The molecule has 0 radical (unpaired) electrons. The number of nitrogens with one attached hydrogen (secondary N) is 2. The molecule has 0 saturated carbocycles. The minimum absolute atomic E-state index is 0.240. The molecule has 0 aliphatic heterocycles. The lowest BCUT2D eigenvalue weighted by Gasteiger charge is -2.24. The van der Waals surface area contributed by atoms with E-state index in [1.54, 1.807) is 14.2 Å². The van der Waals surface area contributed by atoms with Gasteiger partial charge in [0.05, 0.1) is 11.2 Å². The van der Waals surface area contributed by atoms with Gasteiger partial charge in [-0.2, -0.15) is 0 Å². The molecule has 114 valence electrons. The summed E-state index contributed by atoms with van der Waals surface area (Å²) in [6, 6.07) is 1.87. The van der Waals surface area contributed by atoms with Crippen LogP contribution in [0.5, 0.6) is 0 Å². The van der Waals surface area contributed by atoms with E-state index >= 15 is 0 Å². The fourth-order valence-electron chi connectivity index (χ4n) is 1.30. The zero-order valence-corrected chi connectivity index (χ0v) is 13.3. The van der Waals surface area contributed by atoms with Crippen LogP contribution in [0, 0.1) is 0 Å². The Morgan fingerprint density at radius 1 is 0.900 bits per heavy atom. The van der Waals surface area contributed by atoms with E-state index in [-0.39, 0.29) is 11.2 Å². The van der Waals surface area contributed by atoms with Gasteiger partial charge in [0.1, 0.15) is 18.0 Å². The summed E-state index contributed by atoms with van der Waals surface area (Å²) < 4.78 is 10.7. The Morgan fingerprint density at radius 3 is 1.65 bits per heavy atom. The van der Waals surface area contributed by atoms with Crippen molar-refractivity contribution in [2.75, 3.05) is 37.9 Å². The topological polar surface area (TPSA) is 68.3 Å². The van der Waals surface area contributed by atoms with E-state index < -0.39 is 0 Å². The van der Waals surface area contributed by atoms with Gasteiger partial charge in [-0.1, -0.05) is 0 Å². The SMILES string of the molecule is COC(C)(C)CNc1cc(NCC(C)(C)OC)ncn1. The van der Waals surface area contributed by atoms with E-state index in [2.05, 4.69) is 20.6 Å². The molecular weight excluding hydrogens is 256 g/mol. The lowest BCUT2D eigenvalue weighted by atomic mass is 10.1. The Balaban J connectivity index is 2.58. The summed E-state index contributed by atoms with van der Waals surface area (Å²) in [5.74, 6) is 1.53. The molecule has 0 aliphatic carbocycles. The number of hydrogen-bond donors (Lipinski definition) is 2. The van der Waals surface area contributed by atoms with E-state index in [9.17, 15) is 0 Å². The summed E-state index contributed by atoms with van der Waals surface area (Å²) in [6.45, 7) is 9.40. The van der Waals surface area contributed by atoms with Crippen molar-refractivity contribution < 1.29 is 9.47 Å². The molecule has 0 atom stereocenters. The van der Waals surface area contributed by atoms with E-state index in [0.717, 1.165) is 11.6 Å². The summed E-state index contributed by atoms with van der Waals surface area (Å²) in [5.41, 5.74) is -0.479. The van der Waals surface area contributed by atoms with Crippen molar-refractivity contribution in [3.05, 3.63) is 12.4 Å². The van der Waals surface area contributed by atoms with E-state index in [1.165, 1.54) is 6.33 Å². The van der Waals surface area contributed by atoms with Crippen LogP contribution in [-0.4, -0.2) is 48.5 Å². The molecular formula is C14H26N4O2. The van der Waals surface area contributed by atoms with Gasteiger partial charge in [-0.3, -0.25) is 0 Å². The first-order valence-electron chi connectivity index (χ1n) is 6.68. The summed E-state index contributed by atoms with van der Waals surface area (Å²) in [5, 5.41) is 6.48. The van der Waals surface area contributed by atoms with Crippen LogP contribution in [0.3, 0.4) is 0 Å². The molecule has 1 aromatic rings. The van der Waals surface area contributed by atoms with Crippen molar-refractivity contribution in [1.82, 2.24) is 9.97 Å². The Bertz CT molecular complexity index is 386. The molecule has 0 bridgehead atoms. The van der Waals surface area contributed by atoms with Gasteiger partial charge in [-0.25, -0.2) is 9.97 Å². The van der Waals surface area contributed by atoms with Crippen LogP contribution in [0.4, 0.5) is 11.6 Å². The monoisotopic (exact) mass is 282 g/mol. The number of aromatic nitrogens is 2. The van der Waals surface area contributed by atoms with Gasteiger partial charge in [0.2, 0.25) is 0 Å². The van der Waals surface area contributed by atoms with Crippen molar-refractivity contribution in [1.29, 1.82) is 0 Å². The second-order valence-electron chi connectivity index (χ2n) is 5.92. The number of hydrogen-bond acceptors (Lipinski definition) is 6. The third kappa shape index (κ3) is 5.71. The van der Waals surface area contributed by atoms with Crippen molar-refractivity contribution in [3.63, 3.8) is 0 Å². The smallest absolute Gasteiger partial charge is 0.131 e. The second-order valence-corrected chi connectivity index (χ2v) is 5.92. The Hall–Kier alpha value is -1.40. The first-order valence-corrected chi connectivity index (χ1v) is 6.68. The summed E-state index contributed by atoms with van der Waals surface area (Å²) in [7, 11) is 3.39. The lowest BCUT2D eigenvalue weighted by Crippen LogP contribution is -2.33. The average molecular weight is 282 g/mol. The highest BCUT2D eigenvalue weighted by Crippen LogP contribution is 2.14. The molecule has 0 aliphatic rings. The van der Waals surface area contributed by atoms with Crippen molar-refractivity contribution in [3.8, 4) is 0 Å². The Labute approximate surface area is 121 Å². The fourth-order valence-corrected chi connectivity index (χ4v) is 1.30. The van der Waals surface area contributed by atoms with Crippen molar-refractivity contribution in [2.24, 2.45) is 0 Å². The van der Waals surface area contributed by atoms with Crippen LogP contribution in [0.15, 0.2) is 12.4 Å². The third-order valence-corrected chi connectivity index (χ3v) is 3.16. The van der Waals surface area contributed by atoms with Crippen LogP contribution in [0.1, 0.15) is 27.7 Å². The Kier molecular flexibility index (Phi) is 5.71. The van der Waals surface area contributed by atoms with Crippen LogP contribution in [0.2, 0.25) is 0 Å². The maximum atomic E-state index is 5.36. The summed E-state index contributed by atoms with van der Waals surface area (Å²) >= 11 is 0. The largest absolute Gasteiger partial charge is 0.377 e. The highest BCUT2D eigenvalue weighted by atomic mass is 16.5. The van der Waals surface area contributed by atoms with Gasteiger partial charge >= 0.3 is 0 Å². The van der Waals surface area contributed by atoms with Gasteiger partial charge in [-0.15, -0.1) is 0 Å². The molecule has 0 spiro atoms. The molecule has 0 aromatic carbocycles. The van der Waals surface area contributed by atoms with E-state index in [0.29, 0.717) is 13.1 Å². The molecule has 2 N–H and O–H groups in total. The summed E-state index contributed by atoms with van der Waals surface area (Å²) in [4.78, 5) is 8.38. The zero-order valence-electron chi connectivity index (χ0n) is 13.3. The Morgan fingerprint density at radius 2 is 1.30 bits per heavy atom. The third-order valence-electron chi connectivity index (χ3n) is 3.16. The predicted molar refractivity (Wildman–Crippen MR) is 81.2 cm³/mol. The highest BCUT2D eigenvalue weighted by molar-refractivity contribution is 5.46. The number of rotatable bonds is 8. The molecule has 20 heavy (non-hydrogen) atoms. The normalized spacial score (nSPS) is 12.3. The molecule has 1 heterocycles. The molecule has 0 unspecified atom stereocenters. The summed E-state index contributed by atoms with van der Waals surface area (Å²) in [6.07, 6.45) is 1.53. The molecule has 0 fully saturated rings. The minimum atomic E-state index is -0.240. The van der Waals surface area contributed by atoms with Gasteiger partial charge in [0.15, 0.2) is 0 Å². The number of nitrogens with zero attached hydrogens (tertiary/aromatic N) is 2. The number of anilines is 2. The minimum Gasteiger partial charge on any atom is -0.377 e. The van der Waals surface area contributed by atoms with Gasteiger partial charge in [0.25, 0.3) is 0 Å². The quantitative estimate of drug-likeness (QED) is 0.761. The molecule has 0 saturated heterocycles. The first-order chi connectivity index (χ1) is 9.28. The molecule has 1 rings (SSSR count). The van der Waals surface area contributed by atoms with E-state index in [4.69, 9.17) is 9.47 Å².